The van der Waals surface area contributed by atoms with Gasteiger partial charge in [-0.1, -0.05) is 19.3 Å². The minimum absolute atomic E-state index is 0.0359. The van der Waals surface area contributed by atoms with E-state index in [-0.39, 0.29) is 6.10 Å². The second kappa shape index (κ2) is 12.3. The molecule has 0 amide bonds. The van der Waals surface area contributed by atoms with Crippen LogP contribution >= 0.6 is 0 Å². The van der Waals surface area contributed by atoms with E-state index in [4.69, 9.17) is 5.11 Å². The van der Waals surface area contributed by atoms with Gasteiger partial charge in [0.15, 0.2) is 0 Å². The fraction of sp³-hybridized carbons (Fsp3) is 0.778. The van der Waals surface area contributed by atoms with Gasteiger partial charge < -0.3 is 10.8 Å². The standard InChI is InChI=1S/C6H12O.C2H4.CH5N/c7-6-4-2-1-3-5-6;2*1-2/h6-7H,1-5H2;1-2H2;2H2,1H3. The van der Waals surface area contributed by atoms with E-state index in [0.717, 1.165) is 12.8 Å². The van der Waals surface area contributed by atoms with E-state index in [0.29, 0.717) is 0 Å². The Morgan fingerprint density at radius 2 is 1.45 bits per heavy atom. The number of rotatable bonds is 0. The lowest BCUT2D eigenvalue weighted by atomic mass is 9.98. The Bertz CT molecular complexity index is 60.6. The van der Waals surface area contributed by atoms with Crippen molar-refractivity contribution in [2.75, 3.05) is 7.05 Å². The number of aliphatic hydroxyl groups is 1. The molecule has 1 rings (SSSR count). The SMILES string of the molecule is C=C.CN.OC1CCCCC1. The van der Waals surface area contributed by atoms with Crippen LogP contribution in [0.5, 0.6) is 0 Å². The van der Waals surface area contributed by atoms with E-state index < -0.39 is 0 Å². The molecule has 0 saturated heterocycles. The molecule has 1 aliphatic rings. The summed E-state index contributed by atoms with van der Waals surface area (Å²) in [6.07, 6.45) is 5.92. The Morgan fingerprint density at radius 3 is 1.64 bits per heavy atom. The summed E-state index contributed by atoms with van der Waals surface area (Å²) in [6.45, 7) is 6.00. The van der Waals surface area contributed by atoms with E-state index in [1.807, 2.05) is 0 Å². The van der Waals surface area contributed by atoms with Gasteiger partial charge in [-0.05, 0) is 19.9 Å². The summed E-state index contributed by atoms with van der Waals surface area (Å²) < 4.78 is 0. The molecule has 0 spiro atoms. The summed E-state index contributed by atoms with van der Waals surface area (Å²) in [6, 6.07) is 0. The van der Waals surface area contributed by atoms with E-state index >= 15 is 0 Å². The fourth-order valence-electron chi connectivity index (χ4n) is 1.08. The van der Waals surface area contributed by atoms with Gasteiger partial charge in [-0.25, -0.2) is 0 Å². The first-order valence-corrected chi connectivity index (χ1v) is 4.15. The van der Waals surface area contributed by atoms with Gasteiger partial charge in [0.2, 0.25) is 0 Å². The monoisotopic (exact) mass is 159 g/mol. The van der Waals surface area contributed by atoms with Crippen molar-refractivity contribution in [3.8, 4) is 0 Å². The van der Waals surface area contributed by atoms with Crippen molar-refractivity contribution >= 4 is 0 Å². The second-order valence-electron chi connectivity index (χ2n) is 2.29. The molecule has 0 atom stereocenters. The van der Waals surface area contributed by atoms with Gasteiger partial charge in [-0.2, -0.15) is 0 Å². The minimum Gasteiger partial charge on any atom is -0.393 e. The van der Waals surface area contributed by atoms with Gasteiger partial charge in [0, 0.05) is 0 Å². The second-order valence-corrected chi connectivity index (χ2v) is 2.29. The van der Waals surface area contributed by atoms with Crippen LogP contribution in [0.25, 0.3) is 0 Å². The quantitative estimate of drug-likeness (QED) is 0.528. The Hall–Kier alpha value is -0.340. The molecule has 0 heterocycles. The molecular formula is C9H21NO. The van der Waals surface area contributed by atoms with Crippen molar-refractivity contribution in [2.45, 2.75) is 38.2 Å². The summed E-state index contributed by atoms with van der Waals surface area (Å²) in [5.74, 6) is 0. The molecule has 1 aliphatic carbocycles. The lowest BCUT2D eigenvalue weighted by molar-refractivity contribution is 0.130. The first kappa shape index (κ1) is 13.3. The molecule has 0 unspecified atom stereocenters. The molecule has 1 fully saturated rings. The van der Waals surface area contributed by atoms with Crippen molar-refractivity contribution in [1.82, 2.24) is 0 Å². The third-order valence-corrected chi connectivity index (χ3v) is 1.57. The third kappa shape index (κ3) is 9.66. The average Bonchev–Trinajstić information content (AvgIpc) is 2.13. The molecule has 0 aromatic carbocycles. The molecule has 2 nitrogen and oxygen atoms in total. The lowest BCUT2D eigenvalue weighted by Crippen LogP contribution is -2.09. The zero-order valence-corrected chi connectivity index (χ0v) is 7.55. The van der Waals surface area contributed by atoms with Gasteiger partial charge >= 0.3 is 0 Å². The molecule has 11 heavy (non-hydrogen) atoms. The van der Waals surface area contributed by atoms with Crippen molar-refractivity contribution in [1.29, 1.82) is 0 Å². The lowest BCUT2D eigenvalue weighted by Gasteiger charge is -2.14. The average molecular weight is 159 g/mol. The van der Waals surface area contributed by atoms with Crippen molar-refractivity contribution < 1.29 is 5.11 Å². The number of aliphatic hydroxyl groups excluding tert-OH is 1. The van der Waals surface area contributed by atoms with Crippen molar-refractivity contribution in [2.24, 2.45) is 5.73 Å². The summed E-state index contributed by atoms with van der Waals surface area (Å²) in [4.78, 5) is 0. The maximum absolute atomic E-state index is 8.91. The van der Waals surface area contributed by atoms with Crippen LogP contribution in [-0.4, -0.2) is 18.3 Å². The number of hydrogen-bond donors (Lipinski definition) is 2. The molecule has 0 aromatic rings. The molecule has 2 heteroatoms. The van der Waals surface area contributed by atoms with E-state index in [1.54, 1.807) is 0 Å². The molecule has 68 valence electrons. The van der Waals surface area contributed by atoms with Gasteiger partial charge in [0.05, 0.1) is 6.10 Å². The highest BCUT2D eigenvalue weighted by molar-refractivity contribution is 4.61. The third-order valence-electron chi connectivity index (χ3n) is 1.57. The van der Waals surface area contributed by atoms with Crippen molar-refractivity contribution in [3.63, 3.8) is 0 Å². The largest absolute Gasteiger partial charge is 0.393 e. The van der Waals surface area contributed by atoms with Crippen LogP contribution in [0, 0.1) is 0 Å². The summed E-state index contributed by atoms with van der Waals surface area (Å²) in [5.41, 5.74) is 4.50. The summed E-state index contributed by atoms with van der Waals surface area (Å²) in [5, 5.41) is 8.91. The zero-order valence-electron chi connectivity index (χ0n) is 7.55. The highest BCUT2D eigenvalue weighted by Gasteiger charge is 2.07. The van der Waals surface area contributed by atoms with Crippen molar-refractivity contribution in [3.05, 3.63) is 13.2 Å². The Kier molecular flexibility index (Phi) is 14.9. The smallest absolute Gasteiger partial charge is 0.0540 e. The molecule has 3 N–H and O–H groups in total. The summed E-state index contributed by atoms with van der Waals surface area (Å²) >= 11 is 0. The molecule has 0 radical (unpaired) electrons. The topological polar surface area (TPSA) is 46.2 Å². The summed E-state index contributed by atoms with van der Waals surface area (Å²) in [7, 11) is 1.50. The fourth-order valence-corrected chi connectivity index (χ4v) is 1.08. The Balaban J connectivity index is 0. The Labute approximate surface area is 70.1 Å². The Morgan fingerprint density at radius 1 is 1.09 bits per heavy atom. The normalized spacial score (nSPS) is 17.0. The number of hydrogen-bond acceptors (Lipinski definition) is 2. The molecule has 1 saturated carbocycles. The van der Waals surface area contributed by atoms with Gasteiger partial charge in [-0.15, -0.1) is 13.2 Å². The highest BCUT2D eigenvalue weighted by atomic mass is 16.3. The van der Waals surface area contributed by atoms with E-state index in [1.165, 1.54) is 26.3 Å². The number of nitrogens with two attached hydrogens (primary N) is 1. The first-order valence-electron chi connectivity index (χ1n) is 4.15. The van der Waals surface area contributed by atoms with Crippen LogP contribution in [0.15, 0.2) is 13.2 Å². The van der Waals surface area contributed by atoms with Gasteiger partial charge in [0.25, 0.3) is 0 Å². The van der Waals surface area contributed by atoms with Gasteiger partial charge in [-0.3, -0.25) is 0 Å². The predicted molar refractivity (Wildman–Crippen MR) is 50.5 cm³/mol. The first-order chi connectivity index (χ1) is 5.39. The minimum atomic E-state index is 0.0359. The zero-order chi connectivity index (χ0) is 9.11. The maximum atomic E-state index is 8.91. The molecule has 0 aromatic heterocycles. The molecule has 0 bridgehead atoms. The van der Waals surface area contributed by atoms with Crippen LogP contribution in [0.2, 0.25) is 0 Å². The maximum Gasteiger partial charge on any atom is 0.0540 e. The van der Waals surface area contributed by atoms with Crippen LogP contribution < -0.4 is 5.73 Å². The van der Waals surface area contributed by atoms with Crippen LogP contribution in [0.1, 0.15) is 32.1 Å². The van der Waals surface area contributed by atoms with E-state index in [9.17, 15) is 0 Å². The predicted octanol–water partition coefficient (Wildman–Crippen LogP) is 1.69. The molecule has 0 aliphatic heterocycles. The van der Waals surface area contributed by atoms with Gasteiger partial charge in [0.1, 0.15) is 0 Å². The molecular weight excluding hydrogens is 138 g/mol. The van der Waals surface area contributed by atoms with Crippen LogP contribution in [-0.2, 0) is 0 Å². The van der Waals surface area contributed by atoms with E-state index in [2.05, 4.69) is 18.9 Å². The highest BCUT2D eigenvalue weighted by Crippen LogP contribution is 2.16. The van der Waals surface area contributed by atoms with Crippen LogP contribution in [0.4, 0.5) is 0 Å². The van der Waals surface area contributed by atoms with Crippen LogP contribution in [0.3, 0.4) is 0 Å².